The number of alkyl halides is 3. The molecular weight excluding hydrogens is 449 g/mol. The highest BCUT2D eigenvalue weighted by Crippen LogP contribution is 2.47. The summed E-state index contributed by atoms with van der Waals surface area (Å²) in [6, 6.07) is 8.66. The number of carbonyl (C=O) groups is 2. The number of nitro benzene ring substituents is 1. The molecule has 0 spiro atoms. The summed E-state index contributed by atoms with van der Waals surface area (Å²) in [5.41, 5.74) is -1.23. The minimum atomic E-state index is -4.66. The van der Waals surface area contributed by atoms with Gasteiger partial charge < -0.3 is 0 Å². The van der Waals surface area contributed by atoms with Crippen LogP contribution in [0.3, 0.4) is 0 Å². The molecule has 1 aliphatic carbocycles. The van der Waals surface area contributed by atoms with Gasteiger partial charge in [-0.15, -0.1) is 0 Å². The van der Waals surface area contributed by atoms with Crippen LogP contribution in [0.5, 0.6) is 0 Å². The smallest absolute Gasteiger partial charge is 0.294 e. The van der Waals surface area contributed by atoms with E-state index >= 15 is 0 Å². The maximum absolute atomic E-state index is 13.7. The predicted octanol–water partition coefficient (Wildman–Crippen LogP) is 5.79. The second-order valence-electron chi connectivity index (χ2n) is 7.60. The number of anilines is 1. The molecule has 2 aromatic rings. The highest BCUT2D eigenvalue weighted by Gasteiger charge is 2.44. The quantitative estimate of drug-likeness (QED) is 0.425. The van der Waals surface area contributed by atoms with Crippen molar-refractivity contribution in [2.24, 2.45) is 0 Å². The fourth-order valence-corrected chi connectivity index (χ4v) is 4.60. The van der Waals surface area contributed by atoms with Crippen LogP contribution in [0.15, 0.2) is 53.7 Å². The molecule has 1 heterocycles. The first-order valence-corrected chi connectivity index (χ1v) is 10.2. The van der Waals surface area contributed by atoms with E-state index in [1.165, 1.54) is 30.3 Å². The van der Waals surface area contributed by atoms with Gasteiger partial charge in [0, 0.05) is 41.1 Å². The number of carbonyl (C=O) groups excluding carboxylic acids is 2. The lowest BCUT2D eigenvalue weighted by Crippen LogP contribution is -2.41. The van der Waals surface area contributed by atoms with E-state index in [4.69, 9.17) is 11.6 Å². The van der Waals surface area contributed by atoms with Crippen LogP contribution in [0.25, 0.3) is 0 Å². The first-order valence-electron chi connectivity index (χ1n) is 9.79. The molecule has 2 aliphatic rings. The van der Waals surface area contributed by atoms with Crippen molar-refractivity contribution in [2.45, 2.75) is 37.8 Å². The molecule has 0 bridgehead atoms. The molecule has 0 fully saturated rings. The number of nitro groups is 1. The highest BCUT2D eigenvalue weighted by molar-refractivity contribution is 6.31. The number of Topliss-reactive ketones (excluding diaryl/α,β-unsaturated/α-hetero) is 1. The molecule has 1 atom stereocenters. The third kappa shape index (κ3) is 3.77. The van der Waals surface area contributed by atoms with Gasteiger partial charge >= 0.3 is 6.18 Å². The lowest BCUT2D eigenvalue weighted by molar-refractivity contribution is -0.384. The van der Waals surface area contributed by atoms with Gasteiger partial charge in [0.25, 0.3) is 5.69 Å². The summed E-state index contributed by atoms with van der Waals surface area (Å²) in [6.07, 6.45) is -4.33. The van der Waals surface area contributed by atoms with Crippen LogP contribution in [0.2, 0.25) is 5.02 Å². The molecule has 0 saturated heterocycles. The highest BCUT2D eigenvalue weighted by atomic mass is 35.5. The van der Waals surface area contributed by atoms with Crippen molar-refractivity contribution in [1.82, 2.24) is 0 Å². The Kier molecular flexibility index (Phi) is 5.54. The number of ketones is 1. The molecule has 0 radical (unpaired) electrons. The first kappa shape index (κ1) is 22.0. The van der Waals surface area contributed by atoms with Crippen LogP contribution in [-0.2, 0) is 15.8 Å². The standard InChI is InChI=1S/C22H16ClF3N2O4/c23-12-8-9-16(18(10-12)28(31)32)27-17-6-3-7-19(29)21(17)14(11-20(27)30)13-4-1-2-5-15(13)22(24,25)26/h1-2,4-5,8-10,14H,3,6-7,11H2. The fourth-order valence-electron chi connectivity index (χ4n) is 4.43. The Balaban J connectivity index is 1.94. The molecule has 1 amide bonds. The topological polar surface area (TPSA) is 80.5 Å². The van der Waals surface area contributed by atoms with E-state index in [1.54, 1.807) is 0 Å². The summed E-state index contributed by atoms with van der Waals surface area (Å²) < 4.78 is 41.0. The van der Waals surface area contributed by atoms with E-state index in [1.807, 2.05) is 0 Å². The normalized spacial score (nSPS) is 19.2. The largest absolute Gasteiger partial charge is 0.416 e. The van der Waals surface area contributed by atoms with Gasteiger partial charge in [-0.3, -0.25) is 24.6 Å². The Morgan fingerprint density at radius 2 is 1.81 bits per heavy atom. The molecule has 2 aromatic carbocycles. The average molecular weight is 465 g/mol. The Morgan fingerprint density at radius 3 is 2.50 bits per heavy atom. The Hall–Kier alpha value is -3.20. The molecule has 1 unspecified atom stereocenters. The third-order valence-electron chi connectivity index (χ3n) is 5.69. The number of amides is 1. The Labute approximate surface area is 185 Å². The van der Waals surface area contributed by atoms with Gasteiger partial charge in [0.2, 0.25) is 5.91 Å². The zero-order valence-corrected chi connectivity index (χ0v) is 17.2. The van der Waals surface area contributed by atoms with Gasteiger partial charge in [-0.25, -0.2) is 0 Å². The molecule has 166 valence electrons. The third-order valence-corrected chi connectivity index (χ3v) is 5.93. The van der Waals surface area contributed by atoms with E-state index < -0.39 is 40.6 Å². The molecule has 32 heavy (non-hydrogen) atoms. The van der Waals surface area contributed by atoms with Gasteiger partial charge in [-0.1, -0.05) is 29.8 Å². The fraction of sp³-hybridized carbons (Fsp3) is 0.273. The van der Waals surface area contributed by atoms with Crippen LogP contribution < -0.4 is 4.90 Å². The van der Waals surface area contributed by atoms with E-state index in [0.29, 0.717) is 6.42 Å². The van der Waals surface area contributed by atoms with Crippen molar-refractivity contribution in [3.05, 3.63) is 80.0 Å². The summed E-state index contributed by atoms with van der Waals surface area (Å²) in [5.74, 6) is -2.06. The zero-order valence-electron chi connectivity index (χ0n) is 16.5. The number of nitrogens with zero attached hydrogens (tertiary/aromatic N) is 2. The van der Waals surface area contributed by atoms with Crippen LogP contribution >= 0.6 is 11.6 Å². The Morgan fingerprint density at radius 1 is 1.09 bits per heavy atom. The lowest BCUT2D eigenvalue weighted by atomic mass is 9.76. The van der Waals surface area contributed by atoms with Gasteiger partial charge in [-0.05, 0) is 36.6 Å². The van der Waals surface area contributed by atoms with Crippen LogP contribution in [0.4, 0.5) is 24.5 Å². The number of allylic oxidation sites excluding steroid dienone is 2. The predicted molar refractivity (Wildman–Crippen MR) is 110 cm³/mol. The number of rotatable bonds is 3. The van der Waals surface area contributed by atoms with Crippen molar-refractivity contribution in [3.63, 3.8) is 0 Å². The second kappa shape index (κ2) is 8.05. The number of hydrogen-bond acceptors (Lipinski definition) is 4. The molecular formula is C22H16ClF3N2O4. The molecule has 1 aliphatic heterocycles. The molecule has 0 saturated carbocycles. The van der Waals surface area contributed by atoms with E-state index in [9.17, 15) is 32.9 Å². The summed E-state index contributed by atoms with van der Waals surface area (Å²) in [6.45, 7) is 0. The SMILES string of the molecule is O=C1CCCC2=C1C(c1ccccc1C(F)(F)F)CC(=O)N2c1ccc(Cl)cc1[N+](=O)[O-]. The van der Waals surface area contributed by atoms with E-state index in [-0.39, 0.29) is 46.2 Å². The van der Waals surface area contributed by atoms with Crippen molar-refractivity contribution in [2.75, 3.05) is 4.90 Å². The summed E-state index contributed by atoms with van der Waals surface area (Å²) in [7, 11) is 0. The van der Waals surface area contributed by atoms with Gasteiger partial charge in [0.05, 0.1) is 10.5 Å². The molecule has 4 rings (SSSR count). The van der Waals surface area contributed by atoms with E-state index in [2.05, 4.69) is 0 Å². The average Bonchev–Trinajstić information content (AvgIpc) is 2.73. The summed E-state index contributed by atoms with van der Waals surface area (Å²) >= 11 is 5.88. The van der Waals surface area contributed by atoms with Gasteiger partial charge in [0.1, 0.15) is 5.69 Å². The second-order valence-corrected chi connectivity index (χ2v) is 8.03. The van der Waals surface area contributed by atoms with Gasteiger partial charge in [0.15, 0.2) is 5.78 Å². The zero-order chi connectivity index (χ0) is 23.2. The molecule has 0 N–H and O–H groups in total. The molecule has 0 aromatic heterocycles. The molecule has 6 nitrogen and oxygen atoms in total. The van der Waals surface area contributed by atoms with Gasteiger partial charge in [-0.2, -0.15) is 13.2 Å². The lowest BCUT2D eigenvalue weighted by Gasteiger charge is -2.38. The molecule has 10 heteroatoms. The summed E-state index contributed by atoms with van der Waals surface area (Å²) in [5, 5.41) is 11.7. The van der Waals surface area contributed by atoms with Crippen LogP contribution in [0, 0.1) is 10.1 Å². The number of hydrogen-bond donors (Lipinski definition) is 0. The van der Waals surface area contributed by atoms with Crippen molar-refractivity contribution in [1.29, 1.82) is 0 Å². The van der Waals surface area contributed by atoms with Crippen molar-refractivity contribution < 1.29 is 27.7 Å². The first-order chi connectivity index (χ1) is 15.1. The maximum Gasteiger partial charge on any atom is 0.416 e. The minimum Gasteiger partial charge on any atom is -0.294 e. The minimum absolute atomic E-state index is 0.0610. The number of halogens is 4. The Bertz CT molecular complexity index is 1180. The van der Waals surface area contributed by atoms with Crippen LogP contribution in [0.1, 0.15) is 42.7 Å². The number of benzene rings is 2. The maximum atomic E-state index is 13.7. The summed E-state index contributed by atoms with van der Waals surface area (Å²) in [4.78, 5) is 38.1. The monoisotopic (exact) mass is 464 g/mol. The van der Waals surface area contributed by atoms with Crippen molar-refractivity contribution >= 4 is 34.7 Å². The van der Waals surface area contributed by atoms with Crippen LogP contribution in [-0.4, -0.2) is 16.6 Å². The van der Waals surface area contributed by atoms with E-state index in [0.717, 1.165) is 17.0 Å². The van der Waals surface area contributed by atoms with Crippen molar-refractivity contribution in [3.8, 4) is 0 Å².